The average Bonchev–Trinajstić information content (AvgIpc) is 2.72. The van der Waals surface area contributed by atoms with E-state index in [1.54, 1.807) is 7.11 Å². The normalized spacial score (nSPS) is 11.3. The standard InChI is InChI=1S/C12H24N4O/c1-11(2)8-13-9-12-10-16(15-14-12)6-4-5-7-17-3/h10-11,13H,4-9H2,1-3H3. The molecule has 0 saturated carbocycles. The molecular formula is C12H24N4O. The highest BCUT2D eigenvalue weighted by atomic mass is 16.5. The number of aromatic nitrogens is 3. The summed E-state index contributed by atoms with van der Waals surface area (Å²) >= 11 is 0. The van der Waals surface area contributed by atoms with E-state index < -0.39 is 0 Å². The summed E-state index contributed by atoms with van der Waals surface area (Å²) in [5.74, 6) is 0.666. The fourth-order valence-corrected chi connectivity index (χ4v) is 1.54. The minimum Gasteiger partial charge on any atom is -0.385 e. The van der Waals surface area contributed by atoms with Gasteiger partial charge in [-0.1, -0.05) is 19.1 Å². The molecule has 1 heterocycles. The minimum atomic E-state index is 0.666. The summed E-state index contributed by atoms with van der Waals surface area (Å²) in [5, 5.41) is 11.6. The number of ether oxygens (including phenoxy) is 1. The van der Waals surface area contributed by atoms with Crippen molar-refractivity contribution in [2.45, 2.75) is 39.8 Å². The van der Waals surface area contributed by atoms with Crippen LogP contribution in [0.5, 0.6) is 0 Å². The Hall–Kier alpha value is -0.940. The summed E-state index contributed by atoms with van der Waals surface area (Å²) < 4.78 is 6.91. The number of methoxy groups -OCH3 is 1. The van der Waals surface area contributed by atoms with E-state index in [-0.39, 0.29) is 0 Å². The van der Waals surface area contributed by atoms with Crippen molar-refractivity contribution < 1.29 is 4.74 Å². The van der Waals surface area contributed by atoms with Crippen LogP contribution in [0.4, 0.5) is 0 Å². The van der Waals surface area contributed by atoms with Crippen molar-refractivity contribution in [1.29, 1.82) is 0 Å². The van der Waals surface area contributed by atoms with Gasteiger partial charge in [-0.3, -0.25) is 4.68 Å². The maximum atomic E-state index is 5.01. The number of aryl methyl sites for hydroxylation is 1. The molecule has 1 aromatic heterocycles. The largest absolute Gasteiger partial charge is 0.385 e. The number of nitrogens with one attached hydrogen (secondary N) is 1. The van der Waals surface area contributed by atoms with Crippen molar-refractivity contribution in [1.82, 2.24) is 20.3 Å². The fraction of sp³-hybridized carbons (Fsp3) is 0.833. The van der Waals surface area contributed by atoms with Gasteiger partial charge in [0.15, 0.2) is 0 Å². The van der Waals surface area contributed by atoms with Crippen LogP contribution in [0.2, 0.25) is 0 Å². The summed E-state index contributed by atoms with van der Waals surface area (Å²) in [4.78, 5) is 0. The molecule has 0 aliphatic carbocycles. The highest BCUT2D eigenvalue weighted by Crippen LogP contribution is 1.98. The number of unbranched alkanes of at least 4 members (excludes halogenated alkanes) is 1. The van der Waals surface area contributed by atoms with E-state index in [0.717, 1.165) is 44.8 Å². The van der Waals surface area contributed by atoms with Gasteiger partial charge in [0.05, 0.1) is 5.69 Å². The fourth-order valence-electron chi connectivity index (χ4n) is 1.54. The molecule has 0 aliphatic heterocycles. The van der Waals surface area contributed by atoms with E-state index in [4.69, 9.17) is 4.74 Å². The van der Waals surface area contributed by atoms with E-state index in [2.05, 4.69) is 29.5 Å². The summed E-state index contributed by atoms with van der Waals surface area (Å²) in [6.07, 6.45) is 4.16. The van der Waals surface area contributed by atoms with E-state index in [9.17, 15) is 0 Å². The van der Waals surface area contributed by atoms with Crippen LogP contribution in [0.1, 0.15) is 32.4 Å². The Labute approximate surface area is 104 Å². The molecule has 5 nitrogen and oxygen atoms in total. The predicted octanol–water partition coefficient (Wildman–Crippen LogP) is 1.45. The molecule has 98 valence electrons. The van der Waals surface area contributed by atoms with E-state index >= 15 is 0 Å². The van der Waals surface area contributed by atoms with Crippen LogP contribution in [0.15, 0.2) is 6.20 Å². The summed E-state index contributed by atoms with van der Waals surface area (Å²) in [7, 11) is 1.73. The molecule has 5 heteroatoms. The first kappa shape index (κ1) is 14.1. The molecule has 0 atom stereocenters. The topological polar surface area (TPSA) is 52.0 Å². The molecule has 17 heavy (non-hydrogen) atoms. The van der Waals surface area contributed by atoms with Crippen LogP contribution in [0.25, 0.3) is 0 Å². The van der Waals surface area contributed by atoms with Crippen LogP contribution < -0.4 is 5.32 Å². The zero-order valence-electron chi connectivity index (χ0n) is 11.1. The van der Waals surface area contributed by atoms with Crippen molar-refractivity contribution >= 4 is 0 Å². The Morgan fingerprint density at radius 2 is 2.24 bits per heavy atom. The lowest BCUT2D eigenvalue weighted by Crippen LogP contribution is -2.19. The van der Waals surface area contributed by atoms with Crippen molar-refractivity contribution in [3.63, 3.8) is 0 Å². The Morgan fingerprint density at radius 3 is 2.94 bits per heavy atom. The molecule has 0 aromatic carbocycles. The van der Waals surface area contributed by atoms with Crippen LogP contribution in [0, 0.1) is 5.92 Å². The number of hydrogen-bond donors (Lipinski definition) is 1. The Morgan fingerprint density at radius 1 is 1.41 bits per heavy atom. The van der Waals surface area contributed by atoms with Gasteiger partial charge in [-0.2, -0.15) is 0 Å². The van der Waals surface area contributed by atoms with E-state index in [1.165, 1.54) is 0 Å². The lowest BCUT2D eigenvalue weighted by Gasteiger charge is -2.04. The SMILES string of the molecule is COCCCCn1cc(CNCC(C)C)nn1. The van der Waals surface area contributed by atoms with Gasteiger partial charge in [-0.25, -0.2) is 0 Å². The Balaban J connectivity index is 2.18. The second kappa shape index (κ2) is 8.20. The first-order chi connectivity index (χ1) is 8.22. The second-order valence-electron chi connectivity index (χ2n) is 4.70. The molecule has 0 fully saturated rings. The number of nitrogens with zero attached hydrogens (tertiary/aromatic N) is 3. The van der Waals surface area contributed by atoms with Crippen molar-refractivity contribution in [3.8, 4) is 0 Å². The van der Waals surface area contributed by atoms with Crippen LogP contribution >= 0.6 is 0 Å². The molecular weight excluding hydrogens is 216 g/mol. The van der Waals surface area contributed by atoms with Crippen molar-refractivity contribution in [2.24, 2.45) is 5.92 Å². The van der Waals surface area contributed by atoms with Gasteiger partial charge >= 0.3 is 0 Å². The molecule has 0 amide bonds. The zero-order valence-corrected chi connectivity index (χ0v) is 11.1. The highest BCUT2D eigenvalue weighted by Gasteiger charge is 2.01. The maximum Gasteiger partial charge on any atom is 0.0964 e. The highest BCUT2D eigenvalue weighted by molar-refractivity contribution is 4.91. The van der Waals surface area contributed by atoms with Gasteiger partial charge in [0.1, 0.15) is 0 Å². The smallest absolute Gasteiger partial charge is 0.0964 e. The van der Waals surface area contributed by atoms with Gasteiger partial charge in [-0.15, -0.1) is 5.10 Å². The molecule has 1 aromatic rings. The van der Waals surface area contributed by atoms with Gasteiger partial charge in [-0.05, 0) is 25.3 Å². The Bertz CT molecular complexity index is 298. The molecule has 1 N–H and O–H groups in total. The van der Waals surface area contributed by atoms with Gasteiger partial charge in [0.25, 0.3) is 0 Å². The van der Waals surface area contributed by atoms with Gasteiger partial charge in [0.2, 0.25) is 0 Å². The average molecular weight is 240 g/mol. The number of hydrogen-bond acceptors (Lipinski definition) is 4. The summed E-state index contributed by atoms with van der Waals surface area (Å²) in [6.45, 7) is 7.94. The molecule has 0 unspecified atom stereocenters. The lowest BCUT2D eigenvalue weighted by molar-refractivity contribution is 0.191. The third-order valence-electron chi connectivity index (χ3n) is 2.43. The molecule has 0 saturated heterocycles. The zero-order chi connectivity index (χ0) is 12.5. The van der Waals surface area contributed by atoms with Gasteiger partial charge < -0.3 is 10.1 Å². The van der Waals surface area contributed by atoms with E-state index in [0.29, 0.717) is 5.92 Å². The van der Waals surface area contributed by atoms with Gasteiger partial charge in [0, 0.05) is 33.0 Å². The van der Waals surface area contributed by atoms with E-state index in [1.807, 2.05) is 10.9 Å². The maximum absolute atomic E-state index is 5.01. The summed E-state index contributed by atoms with van der Waals surface area (Å²) in [5.41, 5.74) is 1.01. The Kier molecular flexibility index (Phi) is 6.81. The first-order valence-corrected chi connectivity index (χ1v) is 6.31. The van der Waals surface area contributed by atoms with Crippen LogP contribution in [-0.4, -0.2) is 35.3 Å². The molecule has 1 rings (SSSR count). The third kappa shape index (κ3) is 6.38. The van der Waals surface area contributed by atoms with Crippen LogP contribution in [-0.2, 0) is 17.8 Å². The molecule has 0 spiro atoms. The van der Waals surface area contributed by atoms with Crippen molar-refractivity contribution in [2.75, 3.05) is 20.3 Å². The molecule has 0 aliphatic rings. The monoisotopic (exact) mass is 240 g/mol. The quantitative estimate of drug-likeness (QED) is 0.664. The predicted molar refractivity (Wildman–Crippen MR) is 67.7 cm³/mol. The number of rotatable bonds is 9. The van der Waals surface area contributed by atoms with Crippen molar-refractivity contribution in [3.05, 3.63) is 11.9 Å². The minimum absolute atomic E-state index is 0.666. The molecule has 0 radical (unpaired) electrons. The molecule has 0 bridgehead atoms. The van der Waals surface area contributed by atoms with Crippen LogP contribution in [0.3, 0.4) is 0 Å². The summed E-state index contributed by atoms with van der Waals surface area (Å²) in [6, 6.07) is 0. The first-order valence-electron chi connectivity index (χ1n) is 6.31. The third-order valence-corrected chi connectivity index (χ3v) is 2.43. The lowest BCUT2D eigenvalue weighted by atomic mass is 10.2. The second-order valence-corrected chi connectivity index (χ2v) is 4.70.